The van der Waals surface area contributed by atoms with Crippen molar-refractivity contribution in [3.8, 4) is 0 Å². The Bertz CT molecular complexity index is 460. The normalized spacial score (nSPS) is 22.9. The second-order valence-electron chi connectivity index (χ2n) is 5.86. The largest absolute Gasteiger partial charge is 0.308 e. The van der Waals surface area contributed by atoms with E-state index in [1.807, 2.05) is 0 Å². The van der Waals surface area contributed by atoms with E-state index in [9.17, 15) is 4.39 Å². The van der Waals surface area contributed by atoms with Gasteiger partial charge in [0, 0.05) is 36.2 Å². The Morgan fingerprint density at radius 2 is 2.10 bits per heavy atom. The molecule has 0 bridgehead atoms. The smallest absolute Gasteiger partial charge is 0.123 e. The van der Waals surface area contributed by atoms with Crippen molar-refractivity contribution in [1.29, 1.82) is 0 Å². The molecule has 1 aromatic rings. The molecule has 20 heavy (non-hydrogen) atoms. The number of hydrogen-bond donors (Lipinski definition) is 1. The van der Waals surface area contributed by atoms with Gasteiger partial charge in [0.25, 0.3) is 0 Å². The lowest BCUT2D eigenvalue weighted by molar-refractivity contribution is 0.0745. The van der Waals surface area contributed by atoms with Crippen LogP contribution in [0.1, 0.15) is 39.2 Å². The molecular weight excluding hydrogens is 275 g/mol. The molecule has 1 unspecified atom stereocenters. The van der Waals surface area contributed by atoms with Crippen LogP contribution >= 0.6 is 11.6 Å². The van der Waals surface area contributed by atoms with E-state index < -0.39 is 0 Å². The standard InChI is InChI=1S/C16H24ClFN2/c1-4-16(5-2)11-20(12(3)9-19-16)10-13-8-14(18)6-7-15(13)17/h6-8,12,19H,4-5,9-11H2,1-3H3. The second-order valence-corrected chi connectivity index (χ2v) is 6.27. The lowest BCUT2D eigenvalue weighted by Gasteiger charge is -2.46. The van der Waals surface area contributed by atoms with E-state index >= 15 is 0 Å². The van der Waals surface area contributed by atoms with Crippen molar-refractivity contribution in [2.45, 2.75) is 51.7 Å². The van der Waals surface area contributed by atoms with Crippen molar-refractivity contribution in [1.82, 2.24) is 10.2 Å². The number of nitrogens with zero attached hydrogens (tertiary/aromatic N) is 1. The van der Waals surface area contributed by atoms with E-state index in [0.717, 1.165) is 31.5 Å². The van der Waals surface area contributed by atoms with Crippen LogP contribution in [-0.4, -0.2) is 29.6 Å². The molecule has 0 amide bonds. The average molecular weight is 299 g/mol. The first kappa shape index (κ1) is 15.7. The molecule has 1 aromatic carbocycles. The summed E-state index contributed by atoms with van der Waals surface area (Å²) in [7, 11) is 0. The van der Waals surface area contributed by atoms with Gasteiger partial charge in [-0.15, -0.1) is 0 Å². The molecule has 4 heteroatoms. The van der Waals surface area contributed by atoms with Gasteiger partial charge in [-0.2, -0.15) is 0 Å². The predicted octanol–water partition coefficient (Wildman–Crippen LogP) is 3.83. The van der Waals surface area contributed by atoms with Crippen LogP contribution in [-0.2, 0) is 6.54 Å². The summed E-state index contributed by atoms with van der Waals surface area (Å²) in [5.74, 6) is -0.218. The second kappa shape index (κ2) is 6.42. The summed E-state index contributed by atoms with van der Waals surface area (Å²) in [5, 5.41) is 4.32. The minimum Gasteiger partial charge on any atom is -0.308 e. The molecule has 1 atom stereocenters. The Hall–Kier alpha value is -0.640. The Labute approximate surface area is 126 Å². The quantitative estimate of drug-likeness (QED) is 0.909. The van der Waals surface area contributed by atoms with Crippen LogP contribution in [0.15, 0.2) is 18.2 Å². The van der Waals surface area contributed by atoms with E-state index in [4.69, 9.17) is 11.6 Å². The van der Waals surface area contributed by atoms with Gasteiger partial charge < -0.3 is 5.32 Å². The SMILES string of the molecule is CCC1(CC)CN(Cc2cc(F)ccc2Cl)C(C)CN1. The van der Waals surface area contributed by atoms with Crippen LogP contribution < -0.4 is 5.32 Å². The maximum atomic E-state index is 13.4. The zero-order valence-electron chi connectivity index (χ0n) is 12.5. The molecule has 1 heterocycles. The molecule has 0 saturated carbocycles. The number of benzene rings is 1. The summed E-state index contributed by atoms with van der Waals surface area (Å²) in [6, 6.07) is 5.04. The molecular formula is C16H24ClFN2. The molecule has 1 fully saturated rings. The summed E-state index contributed by atoms with van der Waals surface area (Å²) in [4.78, 5) is 2.41. The molecule has 0 aromatic heterocycles. The van der Waals surface area contributed by atoms with Gasteiger partial charge in [0.05, 0.1) is 0 Å². The summed E-state index contributed by atoms with van der Waals surface area (Å²) in [5.41, 5.74) is 1.05. The zero-order chi connectivity index (χ0) is 14.8. The van der Waals surface area contributed by atoms with Crippen LogP contribution in [0.5, 0.6) is 0 Å². The van der Waals surface area contributed by atoms with Gasteiger partial charge in [0.1, 0.15) is 5.82 Å². The third kappa shape index (κ3) is 3.33. The van der Waals surface area contributed by atoms with Crippen LogP contribution in [0.25, 0.3) is 0 Å². The molecule has 0 spiro atoms. The first-order valence-electron chi connectivity index (χ1n) is 7.42. The average Bonchev–Trinajstić information content (AvgIpc) is 2.45. The summed E-state index contributed by atoms with van der Waals surface area (Å²) in [6.07, 6.45) is 2.20. The highest BCUT2D eigenvalue weighted by Crippen LogP contribution is 2.26. The van der Waals surface area contributed by atoms with Crippen molar-refractivity contribution < 1.29 is 4.39 Å². The minimum atomic E-state index is -0.218. The highest BCUT2D eigenvalue weighted by atomic mass is 35.5. The highest BCUT2D eigenvalue weighted by Gasteiger charge is 2.35. The Morgan fingerprint density at radius 1 is 1.40 bits per heavy atom. The highest BCUT2D eigenvalue weighted by molar-refractivity contribution is 6.31. The van der Waals surface area contributed by atoms with E-state index in [-0.39, 0.29) is 11.4 Å². The van der Waals surface area contributed by atoms with Crippen molar-refractivity contribution in [2.75, 3.05) is 13.1 Å². The molecule has 1 N–H and O–H groups in total. The summed E-state index contributed by atoms with van der Waals surface area (Å²) in [6.45, 7) is 9.30. The van der Waals surface area contributed by atoms with Crippen molar-refractivity contribution in [2.24, 2.45) is 0 Å². The van der Waals surface area contributed by atoms with E-state index in [1.54, 1.807) is 12.1 Å². The lowest BCUT2D eigenvalue weighted by Crippen LogP contribution is -2.62. The lowest BCUT2D eigenvalue weighted by atomic mass is 9.88. The monoisotopic (exact) mass is 298 g/mol. The fourth-order valence-corrected chi connectivity index (χ4v) is 3.09. The van der Waals surface area contributed by atoms with Crippen molar-refractivity contribution in [3.63, 3.8) is 0 Å². The van der Waals surface area contributed by atoms with Crippen molar-refractivity contribution >= 4 is 11.6 Å². The Balaban J connectivity index is 2.16. The molecule has 0 aliphatic carbocycles. The molecule has 1 aliphatic heterocycles. The van der Waals surface area contributed by atoms with Gasteiger partial charge in [-0.1, -0.05) is 25.4 Å². The Morgan fingerprint density at radius 3 is 2.75 bits per heavy atom. The first-order valence-corrected chi connectivity index (χ1v) is 7.80. The third-order valence-corrected chi connectivity index (χ3v) is 5.01. The van der Waals surface area contributed by atoms with E-state index in [1.165, 1.54) is 6.07 Å². The number of piperazine rings is 1. The summed E-state index contributed by atoms with van der Waals surface area (Å²) < 4.78 is 13.4. The van der Waals surface area contributed by atoms with Gasteiger partial charge in [-0.3, -0.25) is 4.90 Å². The molecule has 0 radical (unpaired) electrons. The fraction of sp³-hybridized carbons (Fsp3) is 0.625. The third-order valence-electron chi connectivity index (χ3n) is 4.64. The van der Waals surface area contributed by atoms with E-state index in [2.05, 4.69) is 31.0 Å². The first-order chi connectivity index (χ1) is 9.49. The van der Waals surface area contributed by atoms with Gasteiger partial charge in [-0.25, -0.2) is 4.39 Å². The molecule has 2 nitrogen and oxygen atoms in total. The molecule has 1 saturated heterocycles. The topological polar surface area (TPSA) is 15.3 Å². The molecule has 112 valence electrons. The summed E-state index contributed by atoms with van der Waals surface area (Å²) >= 11 is 6.19. The maximum Gasteiger partial charge on any atom is 0.123 e. The van der Waals surface area contributed by atoms with Crippen LogP contribution in [0.3, 0.4) is 0 Å². The van der Waals surface area contributed by atoms with Gasteiger partial charge in [-0.05, 0) is 43.5 Å². The van der Waals surface area contributed by atoms with Gasteiger partial charge in [0.15, 0.2) is 0 Å². The Kier molecular flexibility index (Phi) is 5.05. The number of nitrogens with one attached hydrogen (secondary N) is 1. The fourth-order valence-electron chi connectivity index (χ4n) is 2.91. The number of hydrogen-bond acceptors (Lipinski definition) is 2. The number of rotatable bonds is 4. The maximum absolute atomic E-state index is 13.4. The van der Waals surface area contributed by atoms with Gasteiger partial charge >= 0.3 is 0 Å². The molecule has 2 rings (SSSR count). The number of halogens is 2. The van der Waals surface area contributed by atoms with Gasteiger partial charge in [0.2, 0.25) is 0 Å². The van der Waals surface area contributed by atoms with Crippen LogP contribution in [0.2, 0.25) is 5.02 Å². The zero-order valence-corrected chi connectivity index (χ0v) is 13.3. The minimum absolute atomic E-state index is 0.173. The van der Waals surface area contributed by atoms with Crippen LogP contribution in [0, 0.1) is 5.82 Å². The van der Waals surface area contributed by atoms with Crippen molar-refractivity contribution in [3.05, 3.63) is 34.6 Å². The van der Waals surface area contributed by atoms with Crippen LogP contribution in [0.4, 0.5) is 4.39 Å². The predicted molar refractivity (Wildman–Crippen MR) is 82.6 cm³/mol. The molecule has 1 aliphatic rings. The van der Waals surface area contributed by atoms with E-state index in [0.29, 0.717) is 17.6 Å².